The molecule has 0 aliphatic carbocycles. The first-order valence-corrected chi connectivity index (χ1v) is 6.82. The van der Waals surface area contributed by atoms with E-state index in [0.29, 0.717) is 5.25 Å². The summed E-state index contributed by atoms with van der Waals surface area (Å²) in [5.74, 6) is 9.37. The van der Waals surface area contributed by atoms with Crippen LogP contribution in [-0.4, -0.2) is 33.7 Å². The zero-order valence-corrected chi connectivity index (χ0v) is 9.59. The molecule has 13 heavy (non-hydrogen) atoms. The van der Waals surface area contributed by atoms with Crippen molar-refractivity contribution in [1.29, 1.82) is 0 Å². The molecule has 0 spiro atoms. The summed E-state index contributed by atoms with van der Waals surface area (Å²) in [6, 6.07) is 0. The minimum atomic E-state index is -0.154. The summed E-state index contributed by atoms with van der Waals surface area (Å²) in [4.78, 5) is 0. The van der Waals surface area contributed by atoms with E-state index in [4.69, 9.17) is 0 Å². The molecule has 1 nitrogen and oxygen atoms in total. The van der Waals surface area contributed by atoms with Crippen molar-refractivity contribution in [2.45, 2.75) is 31.1 Å². The summed E-state index contributed by atoms with van der Waals surface area (Å²) in [6.45, 7) is 1.84. The fourth-order valence-electron chi connectivity index (χ4n) is 1.26. The van der Waals surface area contributed by atoms with Gasteiger partial charge in [-0.1, -0.05) is 0 Å². The summed E-state index contributed by atoms with van der Waals surface area (Å²) < 4.78 is 0. The molecule has 74 valence electrons. The fourth-order valence-corrected chi connectivity index (χ4v) is 4.07. The van der Waals surface area contributed by atoms with Crippen molar-refractivity contribution in [2.75, 3.05) is 17.3 Å². The van der Waals surface area contributed by atoms with Crippen LogP contribution < -0.4 is 0 Å². The van der Waals surface area contributed by atoms with Gasteiger partial charge in [-0.2, -0.15) is 23.5 Å². The molecule has 0 radical (unpaired) electrons. The summed E-state index contributed by atoms with van der Waals surface area (Å²) in [5.41, 5.74) is 0. The van der Waals surface area contributed by atoms with Crippen LogP contribution in [-0.2, 0) is 0 Å². The number of aliphatic hydroxyl groups is 1. The maximum absolute atomic E-state index is 9.80. The average Bonchev–Trinajstić information content (AvgIpc) is 2.19. The zero-order chi connectivity index (χ0) is 9.52. The average molecular weight is 216 g/mol. The van der Waals surface area contributed by atoms with Gasteiger partial charge in [0.2, 0.25) is 0 Å². The van der Waals surface area contributed by atoms with Crippen LogP contribution in [0.25, 0.3) is 0 Å². The van der Waals surface area contributed by atoms with Gasteiger partial charge in [-0.15, -0.1) is 11.8 Å². The first kappa shape index (κ1) is 11.3. The Morgan fingerprint density at radius 3 is 3.00 bits per heavy atom. The largest absolute Gasteiger partial charge is 0.392 e. The Bertz CT molecular complexity index is 189. The highest BCUT2D eigenvalue weighted by Gasteiger charge is 2.21. The monoisotopic (exact) mass is 216 g/mol. The van der Waals surface area contributed by atoms with Crippen LogP contribution in [0.5, 0.6) is 0 Å². The Kier molecular flexibility index (Phi) is 5.77. The van der Waals surface area contributed by atoms with Crippen molar-refractivity contribution in [1.82, 2.24) is 0 Å². The Morgan fingerprint density at radius 2 is 2.38 bits per heavy atom. The molecule has 0 bridgehead atoms. The van der Waals surface area contributed by atoms with E-state index >= 15 is 0 Å². The van der Waals surface area contributed by atoms with Gasteiger partial charge < -0.3 is 5.11 Å². The first-order valence-electron chi connectivity index (χ1n) is 4.61. The van der Waals surface area contributed by atoms with E-state index in [-0.39, 0.29) is 6.10 Å². The van der Waals surface area contributed by atoms with Gasteiger partial charge in [-0.25, -0.2) is 0 Å². The smallest absolute Gasteiger partial charge is 0.0675 e. The summed E-state index contributed by atoms with van der Waals surface area (Å²) in [5, 5.41) is 10.2. The van der Waals surface area contributed by atoms with E-state index in [9.17, 15) is 5.11 Å². The van der Waals surface area contributed by atoms with Crippen molar-refractivity contribution in [3.8, 4) is 11.8 Å². The van der Waals surface area contributed by atoms with E-state index in [2.05, 4.69) is 11.8 Å². The maximum atomic E-state index is 9.80. The molecule has 1 fully saturated rings. The van der Waals surface area contributed by atoms with Crippen LogP contribution in [0, 0.1) is 11.8 Å². The standard InChI is InChI=1S/C10H16OS2/c1-2-3-4-5-9(11)10-8-12-6-7-13-10/h9-11H,4-8H2,1H3. The van der Waals surface area contributed by atoms with Crippen LogP contribution in [0.1, 0.15) is 19.8 Å². The van der Waals surface area contributed by atoms with Gasteiger partial charge >= 0.3 is 0 Å². The minimum Gasteiger partial charge on any atom is -0.392 e. The lowest BCUT2D eigenvalue weighted by atomic mass is 10.1. The molecule has 3 heteroatoms. The predicted octanol–water partition coefficient (Wildman–Crippen LogP) is 2.00. The molecule has 1 N–H and O–H groups in total. The SMILES string of the molecule is CC#CCCC(O)C1CSCCS1. The Labute approximate surface area is 89.1 Å². The molecular weight excluding hydrogens is 200 g/mol. The molecule has 0 saturated carbocycles. The van der Waals surface area contributed by atoms with Gasteiger partial charge in [-0.05, 0) is 13.3 Å². The topological polar surface area (TPSA) is 20.2 Å². The van der Waals surface area contributed by atoms with Crippen molar-refractivity contribution in [3.05, 3.63) is 0 Å². The molecule has 1 rings (SSSR count). The van der Waals surface area contributed by atoms with E-state index in [1.54, 1.807) is 0 Å². The van der Waals surface area contributed by atoms with Gasteiger partial charge in [-0.3, -0.25) is 0 Å². The van der Waals surface area contributed by atoms with Crippen molar-refractivity contribution in [3.63, 3.8) is 0 Å². The lowest BCUT2D eigenvalue weighted by Crippen LogP contribution is -2.28. The molecule has 1 heterocycles. The highest BCUT2D eigenvalue weighted by molar-refractivity contribution is 8.06. The fraction of sp³-hybridized carbons (Fsp3) is 0.800. The van der Waals surface area contributed by atoms with E-state index < -0.39 is 0 Å². The Hall–Kier alpha value is 0.220. The van der Waals surface area contributed by atoms with Crippen molar-refractivity contribution >= 4 is 23.5 Å². The highest BCUT2D eigenvalue weighted by atomic mass is 32.2. The van der Waals surface area contributed by atoms with Crippen LogP contribution >= 0.6 is 23.5 Å². The second-order valence-electron chi connectivity index (χ2n) is 3.02. The lowest BCUT2D eigenvalue weighted by molar-refractivity contribution is 0.169. The van der Waals surface area contributed by atoms with Crippen LogP contribution in [0.15, 0.2) is 0 Å². The molecule has 2 unspecified atom stereocenters. The summed E-state index contributed by atoms with van der Waals surface area (Å²) in [6.07, 6.45) is 1.51. The molecule has 1 aliphatic heterocycles. The normalized spacial score (nSPS) is 24.6. The number of thioether (sulfide) groups is 2. The van der Waals surface area contributed by atoms with Gasteiger partial charge in [0.15, 0.2) is 0 Å². The maximum Gasteiger partial charge on any atom is 0.0675 e. The summed E-state index contributed by atoms with van der Waals surface area (Å²) in [7, 11) is 0. The molecule has 1 aliphatic rings. The van der Waals surface area contributed by atoms with Crippen molar-refractivity contribution in [2.24, 2.45) is 0 Å². The molecular formula is C10H16OS2. The molecule has 1 saturated heterocycles. The van der Waals surface area contributed by atoms with E-state index in [1.807, 2.05) is 30.4 Å². The third-order valence-corrected chi connectivity index (χ3v) is 4.92. The van der Waals surface area contributed by atoms with E-state index in [1.165, 1.54) is 11.5 Å². The number of hydrogen-bond acceptors (Lipinski definition) is 3. The highest BCUT2D eigenvalue weighted by Crippen LogP contribution is 2.27. The second kappa shape index (κ2) is 6.64. The third-order valence-electron chi connectivity index (χ3n) is 2.01. The number of hydrogen-bond donors (Lipinski definition) is 1. The van der Waals surface area contributed by atoms with Crippen LogP contribution in [0.2, 0.25) is 0 Å². The number of rotatable bonds is 3. The van der Waals surface area contributed by atoms with E-state index in [0.717, 1.165) is 18.6 Å². The van der Waals surface area contributed by atoms with Gasteiger partial charge in [0, 0.05) is 28.9 Å². The molecule has 0 aromatic heterocycles. The number of aliphatic hydroxyl groups excluding tert-OH is 1. The quantitative estimate of drug-likeness (QED) is 0.729. The molecule has 0 aromatic rings. The van der Waals surface area contributed by atoms with Gasteiger partial charge in [0.25, 0.3) is 0 Å². The van der Waals surface area contributed by atoms with Crippen LogP contribution in [0.4, 0.5) is 0 Å². The Morgan fingerprint density at radius 1 is 1.54 bits per heavy atom. The van der Waals surface area contributed by atoms with Crippen LogP contribution in [0.3, 0.4) is 0 Å². The lowest BCUT2D eigenvalue weighted by Gasteiger charge is -2.25. The minimum absolute atomic E-state index is 0.154. The second-order valence-corrected chi connectivity index (χ2v) is 5.51. The predicted molar refractivity (Wildman–Crippen MR) is 62.3 cm³/mol. The van der Waals surface area contributed by atoms with Crippen molar-refractivity contribution < 1.29 is 5.11 Å². The molecule has 2 atom stereocenters. The Balaban J connectivity index is 2.19. The molecule has 0 aromatic carbocycles. The third kappa shape index (κ3) is 4.30. The first-order chi connectivity index (χ1) is 6.34. The summed E-state index contributed by atoms with van der Waals surface area (Å²) >= 11 is 3.86. The van der Waals surface area contributed by atoms with Gasteiger partial charge in [0.1, 0.15) is 0 Å². The zero-order valence-electron chi connectivity index (χ0n) is 7.95. The molecule has 0 amide bonds. The van der Waals surface area contributed by atoms with Gasteiger partial charge in [0.05, 0.1) is 6.10 Å².